The lowest BCUT2D eigenvalue weighted by Gasteiger charge is -2.20. The van der Waals surface area contributed by atoms with Gasteiger partial charge in [0, 0.05) is 16.7 Å². The van der Waals surface area contributed by atoms with Crippen LogP contribution in [-0.4, -0.2) is 18.0 Å². The normalized spacial score (nSPS) is 12.7. The summed E-state index contributed by atoms with van der Waals surface area (Å²) >= 11 is 0. The Bertz CT molecular complexity index is 762. The average Bonchev–Trinajstić information content (AvgIpc) is 2.47. The zero-order valence-electron chi connectivity index (χ0n) is 10.8. The van der Waals surface area contributed by atoms with Crippen LogP contribution in [0.4, 0.5) is 5.69 Å². The third-order valence-corrected chi connectivity index (χ3v) is 3.50. The monoisotopic (exact) mass is 265 g/mol. The number of aryl methyl sites for hydroxylation is 1. The predicted octanol–water partition coefficient (Wildman–Crippen LogP) is 2.34. The second-order valence-corrected chi connectivity index (χ2v) is 4.65. The number of ketones is 2. The summed E-state index contributed by atoms with van der Waals surface area (Å²) in [5.41, 5.74) is 2.56. The van der Waals surface area contributed by atoms with E-state index in [2.05, 4.69) is 5.32 Å². The summed E-state index contributed by atoms with van der Waals surface area (Å²) in [6, 6.07) is 10.1. The molecule has 0 aliphatic heterocycles. The number of hydrogen-bond donors (Lipinski definition) is 1. The first kappa shape index (κ1) is 12.3. The molecule has 2 aromatic carbocycles. The molecular weight excluding hydrogens is 254 g/mol. The quantitative estimate of drug-likeness (QED) is 0.723. The Balaban J connectivity index is 2.33. The lowest BCUT2D eigenvalue weighted by molar-refractivity contribution is -0.105. The van der Waals surface area contributed by atoms with Crippen molar-refractivity contribution in [2.45, 2.75) is 6.92 Å². The number of fused-ring (bicyclic) bond motifs is 2. The Labute approximate surface area is 115 Å². The molecule has 0 heterocycles. The van der Waals surface area contributed by atoms with Crippen LogP contribution in [0.3, 0.4) is 0 Å². The maximum atomic E-state index is 12.6. The summed E-state index contributed by atoms with van der Waals surface area (Å²) < 4.78 is 0. The van der Waals surface area contributed by atoms with Gasteiger partial charge in [-0.1, -0.05) is 30.3 Å². The van der Waals surface area contributed by atoms with E-state index >= 15 is 0 Å². The van der Waals surface area contributed by atoms with Gasteiger partial charge in [-0.2, -0.15) is 0 Å². The Kier molecular flexibility index (Phi) is 2.71. The summed E-state index contributed by atoms with van der Waals surface area (Å²) in [4.78, 5) is 35.8. The smallest absolute Gasteiger partial charge is 0.211 e. The van der Waals surface area contributed by atoms with E-state index < -0.39 is 0 Å². The number of carbonyl (C=O) groups excluding carboxylic acids is 3. The van der Waals surface area contributed by atoms with Crippen molar-refractivity contribution >= 4 is 23.7 Å². The maximum absolute atomic E-state index is 12.6. The van der Waals surface area contributed by atoms with Gasteiger partial charge in [-0.3, -0.25) is 14.4 Å². The number of hydrogen-bond acceptors (Lipinski definition) is 3. The highest BCUT2D eigenvalue weighted by Crippen LogP contribution is 2.33. The van der Waals surface area contributed by atoms with Gasteiger partial charge in [0.05, 0.1) is 11.3 Å². The summed E-state index contributed by atoms with van der Waals surface area (Å²) in [7, 11) is 0. The minimum Gasteiger partial charge on any atom is -0.328 e. The lowest BCUT2D eigenvalue weighted by Crippen LogP contribution is -2.22. The van der Waals surface area contributed by atoms with E-state index in [1.165, 1.54) is 0 Å². The molecule has 0 saturated heterocycles. The van der Waals surface area contributed by atoms with Gasteiger partial charge >= 0.3 is 0 Å². The molecule has 4 nitrogen and oxygen atoms in total. The fraction of sp³-hybridized carbons (Fsp3) is 0.0625. The summed E-state index contributed by atoms with van der Waals surface area (Å²) in [6.45, 7) is 1.78. The van der Waals surface area contributed by atoms with Gasteiger partial charge in [0.2, 0.25) is 6.41 Å². The molecule has 3 rings (SSSR count). The molecule has 0 aromatic heterocycles. The van der Waals surface area contributed by atoms with Crippen molar-refractivity contribution in [3.63, 3.8) is 0 Å². The second-order valence-electron chi connectivity index (χ2n) is 4.65. The molecule has 0 spiro atoms. The number of nitrogens with one attached hydrogen (secondary N) is 1. The SMILES string of the molecule is Cc1ccc2c(c1NC=O)C(=O)c1ccccc1C2=O. The fourth-order valence-corrected chi connectivity index (χ4v) is 2.54. The van der Waals surface area contributed by atoms with E-state index in [1.807, 2.05) is 0 Å². The van der Waals surface area contributed by atoms with E-state index in [1.54, 1.807) is 43.3 Å². The molecule has 1 N–H and O–H groups in total. The molecule has 0 atom stereocenters. The second kappa shape index (κ2) is 4.42. The molecule has 98 valence electrons. The van der Waals surface area contributed by atoms with E-state index in [4.69, 9.17) is 0 Å². The van der Waals surface area contributed by atoms with Gasteiger partial charge in [0.1, 0.15) is 0 Å². The number of carbonyl (C=O) groups is 3. The molecule has 0 bridgehead atoms. The first-order chi connectivity index (χ1) is 9.65. The highest BCUT2D eigenvalue weighted by molar-refractivity contribution is 6.30. The highest BCUT2D eigenvalue weighted by atomic mass is 16.1. The van der Waals surface area contributed by atoms with Crippen LogP contribution in [0.1, 0.15) is 37.4 Å². The van der Waals surface area contributed by atoms with Gasteiger partial charge < -0.3 is 5.32 Å². The van der Waals surface area contributed by atoms with Crippen molar-refractivity contribution in [1.29, 1.82) is 0 Å². The Morgan fingerprint density at radius 1 is 0.900 bits per heavy atom. The van der Waals surface area contributed by atoms with Gasteiger partial charge in [-0.25, -0.2) is 0 Å². The molecule has 1 aliphatic rings. The molecule has 0 radical (unpaired) electrons. The van der Waals surface area contributed by atoms with E-state index in [0.717, 1.165) is 5.56 Å². The van der Waals surface area contributed by atoms with E-state index in [0.29, 0.717) is 28.8 Å². The minimum atomic E-state index is -0.233. The standard InChI is InChI=1S/C16H11NO3/c1-9-6-7-12-13(14(9)17-8-18)16(20)11-5-3-2-4-10(11)15(12)19/h2-8H,1H3,(H,17,18). The van der Waals surface area contributed by atoms with Crippen LogP contribution in [0.15, 0.2) is 36.4 Å². The molecule has 1 aliphatic carbocycles. The predicted molar refractivity (Wildman–Crippen MR) is 74.2 cm³/mol. The molecule has 2 aromatic rings. The van der Waals surface area contributed by atoms with Crippen molar-refractivity contribution in [2.24, 2.45) is 0 Å². The molecule has 0 saturated carbocycles. The Hall–Kier alpha value is -2.75. The first-order valence-electron chi connectivity index (χ1n) is 6.17. The van der Waals surface area contributed by atoms with Crippen LogP contribution in [0, 0.1) is 6.92 Å². The number of rotatable bonds is 2. The summed E-state index contributed by atoms with van der Waals surface area (Å²) in [5.74, 6) is -0.424. The lowest BCUT2D eigenvalue weighted by atomic mass is 9.82. The van der Waals surface area contributed by atoms with Crippen molar-refractivity contribution in [2.75, 3.05) is 5.32 Å². The minimum absolute atomic E-state index is 0.191. The molecular formula is C16H11NO3. The molecule has 4 heteroatoms. The van der Waals surface area contributed by atoms with Crippen molar-refractivity contribution in [3.8, 4) is 0 Å². The molecule has 20 heavy (non-hydrogen) atoms. The number of benzene rings is 2. The summed E-state index contributed by atoms with van der Waals surface area (Å²) in [5, 5.41) is 2.53. The van der Waals surface area contributed by atoms with Crippen LogP contribution in [-0.2, 0) is 4.79 Å². The largest absolute Gasteiger partial charge is 0.328 e. The highest BCUT2D eigenvalue weighted by Gasteiger charge is 2.31. The van der Waals surface area contributed by atoms with Crippen molar-refractivity contribution in [1.82, 2.24) is 0 Å². The Morgan fingerprint density at radius 3 is 2.20 bits per heavy atom. The van der Waals surface area contributed by atoms with E-state index in [-0.39, 0.29) is 17.1 Å². The van der Waals surface area contributed by atoms with Crippen LogP contribution in [0.2, 0.25) is 0 Å². The van der Waals surface area contributed by atoms with Crippen LogP contribution < -0.4 is 5.32 Å². The Morgan fingerprint density at radius 2 is 1.55 bits per heavy atom. The third kappa shape index (κ3) is 1.58. The summed E-state index contributed by atoms with van der Waals surface area (Å²) in [6.07, 6.45) is 0.515. The first-order valence-corrected chi connectivity index (χ1v) is 6.17. The van der Waals surface area contributed by atoms with Gasteiger partial charge in [-0.05, 0) is 18.6 Å². The van der Waals surface area contributed by atoms with Gasteiger partial charge in [0.25, 0.3) is 0 Å². The zero-order chi connectivity index (χ0) is 14.3. The number of anilines is 1. The van der Waals surface area contributed by atoms with Crippen LogP contribution >= 0.6 is 0 Å². The average molecular weight is 265 g/mol. The zero-order valence-corrected chi connectivity index (χ0v) is 10.8. The van der Waals surface area contributed by atoms with Crippen molar-refractivity contribution in [3.05, 3.63) is 64.2 Å². The topological polar surface area (TPSA) is 63.2 Å². The van der Waals surface area contributed by atoms with Gasteiger partial charge in [0.15, 0.2) is 11.6 Å². The third-order valence-electron chi connectivity index (χ3n) is 3.50. The number of amides is 1. The molecule has 1 amide bonds. The molecule has 0 fully saturated rings. The molecule has 0 unspecified atom stereocenters. The van der Waals surface area contributed by atoms with Gasteiger partial charge in [-0.15, -0.1) is 0 Å². The maximum Gasteiger partial charge on any atom is 0.211 e. The van der Waals surface area contributed by atoms with Crippen LogP contribution in [0.5, 0.6) is 0 Å². The van der Waals surface area contributed by atoms with Crippen molar-refractivity contribution < 1.29 is 14.4 Å². The van der Waals surface area contributed by atoms with E-state index in [9.17, 15) is 14.4 Å². The fourth-order valence-electron chi connectivity index (χ4n) is 2.54. The van der Waals surface area contributed by atoms with Crippen LogP contribution in [0.25, 0.3) is 0 Å².